The third-order valence-corrected chi connectivity index (χ3v) is 4.64. The molecule has 0 amide bonds. The Balaban J connectivity index is 2.28. The molecule has 0 saturated carbocycles. The Bertz CT molecular complexity index is 1150. The molecular formula is C16H9F6N3O2S. The fourth-order valence-electron chi connectivity index (χ4n) is 2.43. The van der Waals surface area contributed by atoms with Gasteiger partial charge in [0.2, 0.25) is 10.0 Å². The van der Waals surface area contributed by atoms with Crippen molar-refractivity contribution >= 4 is 10.0 Å². The minimum Gasteiger partial charge on any atom is -0.232 e. The number of sulfonamides is 1. The molecule has 0 atom stereocenters. The zero-order valence-electron chi connectivity index (χ0n) is 13.5. The number of aromatic nitrogens is 2. The third-order valence-electron chi connectivity index (χ3n) is 3.71. The maximum absolute atomic E-state index is 14.1. The minimum atomic E-state index is -4.96. The van der Waals surface area contributed by atoms with Crippen molar-refractivity contribution in [2.75, 3.05) is 0 Å². The van der Waals surface area contributed by atoms with Crippen LogP contribution in [-0.4, -0.2) is 18.2 Å². The summed E-state index contributed by atoms with van der Waals surface area (Å²) in [6.45, 7) is 0. The Morgan fingerprint density at radius 2 is 1.50 bits per heavy atom. The highest BCUT2D eigenvalue weighted by molar-refractivity contribution is 7.89. The van der Waals surface area contributed by atoms with Gasteiger partial charge in [0.1, 0.15) is 5.82 Å². The van der Waals surface area contributed by atoms with Crippen LogP contribution in [0.1, 0.15) is 5.69 Å². The molecule has 148 valence electrons. The lowest BCUT2D eigenvalue weighted by molar-refractivity contribution is -0.141. The van der Waals surface area contributed by atoms with Crippen LogP contribution in [0, 0.1) is 17.5 Å². The molecule has 28 heavy (non-hydrogen) atoms. The maximum atomic E-state index is 14.1. The second-order valence-electron chi connectivity index (χ2n) is 5.58. The molecule has 0 radical (unpaired) electrons. The van der Waals surface area contributed by atoms with E-state index in [-0.39, 0.29) is 10.6 Å². The topological polar surface area (TPSA) is 78.0 Å². The van der Waals surface area contributed by atoms with Gasteiger partial charge in [0.15, 0.2) is 17.3 Å². The lowest BCUT2D eigenvalue weighted by Gasteiger charge is -2.10. The first-order chi connectivity index (χ1) is 12.9. The summed E-state index contributed by atoms with van der Waals surface area (Å²) >= 11 is 0. The average molecular weight is 421 g/mol. The molecule has 2 aromatic carbocycles. The number of primary sulfonamides is 1. The Morgan fingerprint density at radius 1 is 0.929 bits per heavy atom. The fourth-order valence-corrected chi connectivity index (χ4v) is 2.95. The number of rotatable bonds is 3. The van der Waals surface area contributed by atoms with Crippen molar-refractivity contribution < 1.29 is 34.8 Å². The number of alkyl halides is 3. The standard InChI is InChI=1S/C16H9F6N3O2S/c17-10-5-6-11(18)15(19)14(10)12-7-13(16(20,21)22)24-25(12)8-1-3-9(4-2-8)28(23,26)27/h1-7H,(H2,23,26,27). The van der Waals surface area contributed by atoms with E-state index in [1.54, 1.807) is 0 Å². The van der Waals surface area contributed by atoms with Crippen LogP contribution in [0.15, 0.2) is 47.4 Å². The summed E-state index contributed by atoms with van der Waals surface area (Å²) in [6, 6.07) is 5.41. The lowest BCUT2D eigenvalue weighted by atomic mass is 10.1. The molecule has 0 saturated heterocycles. The monoisotopic (exact) mass is 421 g/mol. The highest BCUT2D eigenvalue weighted by atomic mass is 32.2. The molecular weight excluding hydrogens is 412 g/mol. The summed E-state index contributed by atoms with van der Waals surface area (Å²) in [7, 11) is -4.08. The molecule has 0 unspecified atom stereocenters. The van der Waals surface area contributed by atoms with Gasteiger partial charge < -0.3 is 0 Å². The van der Waals surface area contributed by atoms with Gasteiger partial charge in [-0.25, -0.2) is 31.4 Å². The van der Waals surface area contributed by atoms with Crippen LogP contribution < -0.4 is 5.14 Å². The molecule has 5 nitrogen and oxygen atoms in total. The summed E-state index contributed by atoms with van der Waals surface area (Å²) in [5.74, 6) is -4.48. The van der Waals surface area contributed by atoms with Crippen LogP contribution in [0.4, 0.5) is 26.3 Å². The Hall–Kier alpha value is -2.86. The minimum absolute atomic E-state index is 0.166. The van der Waals surface area contributed by atoms with Crippen LogP contribution in [0.5, 0.6) is 0 Å². The van der Waals surface area contributed by atoms with Gasteiger partial charge >= 0.3 is 6.18 Å². The second kappa shape index (κ2) is 6.63. The first-order valence-electron chi connectivity index (χ1n) is 7.34. The van der Waals surface area contributed by atoms with Crippen molar-refractivity contribution in [2.24, 2.45) is 5.14 Å². The van der Waals surface area contributed by atoms with Crippen molar-refractivity contribution in [3.8, 4) is 16.9 Å². The van der Waals surface area contributed by atoms with Crippen LogP contribution in [0.25, 0.3) is 16.9 Å². The van der Waals surface area contributed by atoms with E-state index < -0.39 is 50.6 Å². The molecule has 0 aliphatic rings. The van der Waals surface area contributed by atoms with Gasteiger partial charge in [-0.1, -0.05) is 0 Å². The van der Waals surface area contributed by atoms with E-state index in [1.807, 2.05) is 0 Å². The summed E-state index contributed by atoms with van der Waals surface area (Å²) in [5, 5.41) is 8.23. The zero-order valence-corrected chi connectivity index (χ0v) is 14.3. The predicted molar refractivity (Wildman–Crippen MR) is 85.2 cm³/mol. The summed E-state index contributed by atoms with van der Waals surface area (Å²) in [4.78, 5) is -0.343. The highest BCUT2D eigenvalue weighted by Gasteiger charge is 2.36. The van der Waals surface area contributed by atoms with Gasteiger partial charge in [-0.15, -0.1) is 0 Å². The summed E-state index contributed by atoms with van der Waals surface area (Å²) in [5.41, 5.74) is -3.43. The van der Waals surface area contributed by atoms with Crippen LogP contribution >= 0.6 is 0 Å². The van der Waals surface area contributed by atoms with Crippen LogP contribution in [-0.2, 0) is 16.2 Å². The Kier molecular flexibility index (Phi) is 4.71. The summed E-state index contributed by atoms with van der Waals surface area (Å²) < 4.78 is 104. The molecule has 0 aliphatic heterocycles. The van der Waals surface area contributed by atoms with Gasteiger partial charge in [-0.2, -0.15) is 18.3 Å². The quantitative estimate of drug-likeness (QED) is 0.518. The molecule has 1 heterocycles. The van der Waals surface area contributed by atoms with Gasteiger partial charge in [0.05, 0.1) is 21.8 Å². The van der Waals surface area contributed by atoms with Crippen molar-refractivity contribution in [1.29, 1.82) is 0 Å². The molecule has 0 fully saturated rings. The largest absolute Gasteiger partial charge is 0.435 e. The van der Waals surface area contributed by atoms with Crippen molar-refractivity contribution in [2.45, 2.75) is 11.1 Å². The molecule has 0 aliphatic carbocycles. The Labute approximate surface area is 154 Å². The zero-order chi connectivity index (χ0) is 20.9. The average Bonchev–Trinajstić information content (AvgIpc) is 3.03. The normalized spacial score (nSPS) is 12.4. The fraction of sp³-hybridized carbons (Fsp3) is 0.0625. The third kappa shape index (κ3) is 3.60. The maximum Gasteiger partial charge on any atom is 0.435 e. The van der Waals surface area contributed by atoms with Gasteiger partial charge in [0.25, 0.3) is 0 Å². The van der Waals surface area contributed by atoms with E-state index in [0.29, 0.717) is 22.9 Å². The molecule has 3 rings (SSSR count). The highest BCUT2D eigenvalue weighted by Crippen LogP contribution is 2.35. The van der Waals surface area contributed by atoms with Gasteiger partial charge in [0, 0.05) is 0 Å². The number of hydrogen-bond acceptors (Lipinski definition) is 3. The van der Waals surface area contributed by atoms with Crippen LogP contribution in [0.3, 0.4) is 0 Å². The van der Waals surface area contributed by atoms with Crippen LogP contribution in [0.2, 0.25) is 0 Å². The van der Waals surface area contributed by atoms with E-state index in [9.17, 15) is 34.8 Å². The molecule has 1 aromatic heterocycles. The first-order valence-corrected chi connectivity index (χ1v) is 8.88. The van der Waals surface area contributed by atoms with E-state index in [0.717, 1.165) is 24.3 Å². The second-order valence-corrected chi connectivity index (χ2v) is 7.14. The smallest absolute Gasteiger partial charge is 0.232 e. The lowest BCUT2D eigenvalue weighted by Crippen LogP contribution is -2.12. The van der Waals surface area contributed by atoms with Crippen molar-refractivity contribution in [3.63, 3.8) is 0 Å². The predicted octanol–water partition coefficient (Wildman–Crippen LogP) is 3.62. The van der Waals surface area contributed by atoms with Gasteiger partial charge in [-0.3, -0.25) is 0 Å². The molecule has 0 spiro atoms. The number of benzene rings is 2. The van der Waals surface area contributed by atoms with Crippen molar-refractivity contribution in [3.05, 3.63) is 65.6 Å². The van der Waals surface area contributed by atoms with E-state index >= 15 is 0 Å². The van der Waals surface area contributed by atoms with E-state index in [1.165, 1.54) is 0 Å². The van der Waals surface area contributed by atoms with E-state index in [2.05, 4.69) is 5.10 Å². The van der Waals surface area contributed by atoms with Gasteiger partial charge in [-0.05, 0) is 42.5 Å². The Morgan fingerprint density at radius 3 is 2.04 bits per heavy atom. The van der Waals surface area contributed by atoms with Crippen molar-refractivity contribution in [1.82, 2.24) is 9.78 Å². The van der Waals surface area contributed by atoms with E-state index in [4.69, 9.17) is 5.14 Å². The molecule has 0 bridgehead atoms. The summed E-state index contributed by atoms with van der Waals surface area (Å²) in [6.07, 6.45) is -4.96. The molecule has 2 N–H and O–H groups in total. The molecule has 12 heteroatoms. The number of hydrogen-bond donors (Lipinski definition) is 1. The first kappa shape index (κ1) is 19.9. The molecule has 3 aromatic rings. The number of nitrogens with two attached hydrogens (primary N) is 1. The number of nitrogens with zero attached hydrogens (tertiary/aromatic N) is 2. The number of halogens is 6. The SMILES string of the molecule is NS(=O)(=O)c1ccc(-n2nc(C(F)(F)F)cc2-c2c(F)ccc(F)c2F)cc1.